The van der Waals surface area contributed by atoms with Crippen molar-refractivity contribution in [2.45, 2.75) is 33.0 Å². The van der Waals surface area contributed by atoms with Crippen LogP contribution in [0.25, 0.3) is 22.3 Å². The van der Waals surface area contributed by atoms with E-state index in [9.17, 15) is 18.0 Å². The van der Waals surface area contributed by atoms with Crippen LogP contribution in [0, 0.1) is 18.3 Å². The molecule has 3 aromatic rings. The number of benzene rings is 1. The monoisotopic (exact) mass is 460 g/mol. The maximum absolute atomic E-state index is 13.4. The largest absolute Gasteiger partial charge is 0.467 e. The first-order valence-electron chi connectivity index (χ1n) is 10.7. The van der Waals surface area contributed by atoms with Crippen LogP contribution < -0.4 is 10.1 Å². The molecule has 33 heavy (non-hydrogen) atoms. The molecule has 0 radical (unpaired) electrons. The van der Waals surface area contributed by atoms with Gasteiger partial charge < -0.3 is 14.8 Å². The van der Waals surface area contributed by atoms with Gasteiger partial charge in [0.25, 0.3) is 0 Å². The second-order valence-electron chi connectivity index (χ2n) is 8.69. The van der Waals surface area contributed by atoms with Crippen molar-refractivity contribution in [1.82, 2.24) is 20.1 Å². The number of aromatic nitrogens is 3. The molecule has 10 heteroatoms. The van der Waals surface area contributed by atoms with Crippen molar-refractivity contribution in [3.63, 3.8) is 0 Å². The Morgan fingerprint density at radius 2 is 2.12 bits per heavy atom. The van der Waals surface area contributed by atoms with Gasteiger partial charge in [-0.3, -0.25) is 9.48 Å². The number of amides is 1. The summed E-state index contributed by atoms with van der Waals surface area (Å²) in [6.45, 7) is 4.84. The highest BCUT2D eigenvalue weighted by Gasteiger charge is 2.62. The molecule has 1 N–H and O–H groups in total. The predicted octanol–water partition coefficient (Wildman–Crippen LogP) is 3.93. The van der Waals surface area contributed by atoms with E-state index in [0.717, 1.165) is 23.9 Å². The zero-order valence-corrected chi connectivity index (χ0v) is 18.2. The van der Waals surface area contributed by atoms with Crippen LogP contribution >= 0.6 is 0 Å². The Hall–Kier alpha value is -3.14. The van der Waals surface area contributed by atoms with Crippen LogP contribution in [0.3, 0.4) is 0 Å². The van der Waals surface area contributed by atoms with E-state index in [0.29, 0.717) is 42.2 Å². The minimum absolute atomic E-state index is 0.0492. The fourth-order valence-electron chi connectivity index (χ4n) is 4.57. The topological polar surface area (TPSA) is 78.3 Å². The third kappa shape index (κ3) is 3.92. The van der Waals surface area contributed by atoms with Gasteiger partial charge in [0.05, 0.1) is 11.3 Å². The average molecular weight is 460 g/mol. The van der Waals surface area contributed by atoms with Crippen LogP contribution in [0.5, 0.6) is 5.75 Å². The van der Waals surface area contributed by atoms with Gasteiger partial charge in [-0.25, -0.2) is 4.98 Å². The van der Waals surface area contributed by atoms with Crippen molar-refractivity contribution in [1.29, 1.82) is 0 Å². The minimum Gasteiger partial charge on any atom is -0.467 e. The highest BCUT2D eigenvalue weighted by atomic mass is 19.4. The molecule has 0 spiro atoms. The van der Waals surface area contributed by atoms with E-state index in [4.69, 9.17) is 9.47 Å². The molecule has 2 unspecified atom stereocenters. The van der Waals surface area contributed by atoms with E-state index in [1.165, 1.54) is 0 Å². The normalized spacial score (nSPS) is 21.8. The number of halogens is 3. The molecule has 2 aliphatic rings. The lowest BCUT2D eigenvalue weighted by atomic mass is 10.00. The maximum atomic E-state index is 13.4. The molecular weight excluding hydrogens is 437 g/mol. The first kappa shape index (κ1) is 21.7. The molecule has 1 aliphatic carbocycles. The minimum atomic E-state index is -4.50. The van der Waals surface area contributed by atoms with Crippen LogP contribution in [0.15, 0.2) is 30.5 Å². The lowest BCUT2D eigenvalue weighted by molar-refractivity contribution is -0.137. The van der Waals surface area contributed by atoms with E-state index in [-0.39, 0.29) is 29.8 Å². The number of piperidine rings is 1. The molecule has 1 aromatic carbocycles. The van der Waals surface area contributed by atoms with E-state index in [2.05, 4.69) is 15.4 Å². The Balaban J connectivity index is 1.49. The number of carbonyl (C=O) groups excluding carboxylic acids is 1. The van der Waals surface area contributed by atoms with Gasteiger partial charge in [-0.15, -0.1) is 0 Å². The first-order chi connectivity index (χ1) is 15.7. The fraction of sp³-hybridized carbons (Fsp3) is 0.435. The molecule has 1 saturated heterocycles. The smallest absolute Gasteiger partial charge is 0.416 e. The van der Waals surface area contributed by atoms with Crippen LogP contribution in [0.4, 0.5) is 13.2 Å². The number of nitrogens with one attached hydrogen (secondary N) is 1. The summed E-state index contributed by atoms with van der Waals surface area (Å²) in [6.07, 6.45) is -1.76. The summed E-state index contributed by atoms with van der Waals surface area (Å²) in [5, 5.41) is 8.28. The molecule has 174 valence electrons. The average Bonchev–Trinajstić information content (AvgIpc) is 3.18. The zero-order chi connectivity index (χ0) is 23.4. The van der Waals surface area contributed by atoms with E-state index in [1.807, 2.05) is 12.3 Å². The van der Waals surface area contributed by atoms with Gasteiger partial charge >= 0.3 is 6.18 Å². The molecule has 2 atom stereocenters. The summed E-state index contributed by atoms with van der Waals surface area (Å²) in [4.78, 5) is 16.4. The van der Waals surface area contributed by atoms with Gasteiger partial charge in [-0.2, -0.15) is 18.3 Å². The molecule has 7 nitrogen and oxygen atoms in total. The number of rotatable bonds is 7. The van der Waals surface area contributed by atoms with Crippen molar-refractivity contribution in [3.8, 4) is 17.0 Å². The summed E-state index contributed by atoms with van der Waals surface area (Å²) < 4.78 is 52.6. The number of nitrogens with zero attached hydrogens (tertiary/aromatic N) is 3. The highest BCUT2D eigenvalue weighted by Crippen LogP contribution is 2.56. The standard InChI is InChI=1S/C23H23F3N4O3/c1-3-32-12-33-18-7-15(23(24,25)26)6-13(2)19(18)17-5-4-14-9-30(29-20(14)28-17)11-22-8-16(22)21(31)27-10-22/h4-7,9,16H,3,8,10-12H2,1-2H3,(H,27,31). The van der Waals surface area contributed by atoms with Crippen LogP contribution in [0.2, 0.25) is 0 Å². The number of carbonyl (C=O) groups is 1. The van der Waals surface area contributed by atoms with Crippen molar-refractivity contribution in [2.24, 2.45) is 11.3 Å². The van der Waals surface area contributed by atoms with Crippen molar-refractivity contribution >= 4 is 16.9 Å². The molecule has 1 aliphatic heterocycles. The summed E-state index contributed by atoms with van der Waals surface area (Å²) in [5.41, 5.74) is 0.924. The van der Waals surface area contributed by atoms with Gasteiger partial charge in [0.2, 0.25) is 5.91 Å². The second kappa shape index (κ2) is 7.72. The summed E-state index contributed by atoms with van der Waals surface area (Å²) in [6, 6.07) is 5.65. The van der Waals surface area contributed by atoms with Crippen molar-refractivity contribution in [2.75, 3.05) is 19.9 Å². The Labute approximate surface area is 187 Å². The number of aryl methyl sites for hydroxylation is 1. The quantitative estimate of drug-likeness (QED) is 0.427. The highest BCUT2D eigenvalue weighted by molar-refractivity contribution is 5.86. The van der Waals surface area contributed by atoms with Crippen molar-refractivity contribution < 1.29 is 27.4 Å². The molecular formula is C23H23F3N4O3. The molecule has 2 aromatic heterocycles. The lowest BCUT2D eigenvalue weighted by Crippen LogP contribution is -2.23. The molecule has 1 amide bonds. The number of pyridine rings is 1. The number of fused-ring (bicyclic) bond motifs is 2. The number of ether oxygens (including phenoxy) is 2. The summed E-state index contributed by atoms with van der Waals surface area (Å²) >= 11 is 0. The van der Waals surface area contributed by atoms with E-state index >= 15 is 0 Å². The molecule has 1 saturated carbocycles. The first-order valence-corrected chi connectivity index (χ1v) is 10.7. The summed E-state index contributed by atoms with van der Waals surface area (Å²) in [7, 11) is 0. The van der Waals surface area contributed by atoms with Gasteiger partial charge in [0.15, 0.2) is 12.4 Å². The zero-order valence-electron chi connectivity index (χ0n) is 18.2. The molecule has 0 bridgehead atoms. The SMILES string of the molecule is CCOCOc1cc(C(F)(F)F)cc(C)c1-c1ccc2cn(CC34CNC(=O)C3C4)nc2n1. The number of alkyl halides is 3. The maximum Gasteiger partial charge on any atom is 0.416 e. The third-order valence-corrected chi connectivity index (χ3v) is 6.40. The Kier molecular flexibility index (Phi) is 5.08. The third-order valence-electron chi connectivity index (χ3n) is 6.40. The number of hydrogen-bond acceptors (Lipinski definition) is 5. The van der Waals surface area contributed by atoms with Gasteiger partial charge in [0.1, 0.15) is 5.75 Å². The Bertz CT molecular complexity index is 1240. The van der Waals surface area contributed by atoms with Crippen LogP contribution in [0.1, 0.15) is 24.5 Å². The predicted molar refractivity (Wildman–Crippen MR) is 113 cm³/mol. The van der Waals surface area contributed by atoms with E-state index in [1.54, 1.807) is 24.6 Å². The second-order valence-corrected chi connectivity index (χ2v) is 8.69. The fourth-order valence-corrected chi connectivity index (χ4v) is 4.57. The Morgan fingerprint density at radius 1 is 1.30 bits per heavy atom. The number of hydrogen-bond donors (Lipinski definition) is 1. The van der Waals surface area contributed by atoms with Gasteiger partial charge in [0, 0.05) is 48.2 Å². The summed E-state index contributed by atoms with van der Waals surface area (Å²) in [5.74, 6) is 0.204. The van der Waals surface area contributed by atoms with Crippen molar-refractivity contribution in [3.05, 3.63) is 41.6 Å². The van der Waals surface area contributed by atoms with E-state index < -0.39 is 11.7 Å². The molecule has 2 fully saturated rings. The molecule has 5 rings (SSSR count). The lowest BCUT2D eigenvalue weighted by Gasteiger charge is -2.17. The van der Waals surface area contributed by atoms with Crippen LogP contribution in [-0.2, 0) is 22.3 Å². The van der Waals surface area contributed by atoms with Gasteiger partial charge in [-0.1, -0.05) is 0 Å². The molecule has 3 heterocycles. The van der Waals surface area contributed by atoms with Gasteiger partial charge in [-0.05, 0) is 50.1 Å². The Morgan fingerprint density at radius 3 is 2.79 bits per heavy atom. The van der Waals surface area contributed by atoms with Crippen LogP contribution in [-0.4, -0.2) is 40.6 Å².